The van der Waals surface area contributed by atoms with Crippen LogP contribution in [0.5, 0.6) is 11.5 Å². The highest BCUT2D eigenvalue weighted by molar-refractivity contribution is 5.79. The third-order valence-corrected chi connectivity index (χ3v) is 2.97. The van der Waals surface area contributed by atoms with Crippen molar-refractivity contribution in [3.63, 3.8) is 0 Å². The van der Waals surface area contributed by atoms with Crippen LogP contribution in [-0.2, 0) is 11.2 Å². The third-order valence-electron chi connectivity index (χ3n) is 2.97. The Kier molecular flexibility index (Phi) is 3.87. The third kappa shape index (κ3) is 3.03. The molecule has 0 spiro atoms. The second-order valence-electron chi connectivity index (χ2n) is 4.26. The standard InChI is InChI=1S/C14H16O4/c1-2-10(4-6-14(15)16)7-11-3-5-12-13(8-11)18-9-17-12/h3-6,8,10H,2,7,9H2,1H3,(H,15,16). The van der Waals surface area contributed by atoms with Crippen LogP contribution in [0.25, 0.3) is 0 Å². The lowest BCUT2D eigenvalue weighted by Crippen LogP contribution is -2.01. The summed E-state index contributed by atoms with van der Waals surface area (Å²) >= 11 is 0. The predicted octanol–water partition coefficient (Wildman–Crippen LogP) is 2.62. The summed E-state index contributed by atoms with van der Waals surface area (Å²) < 4.78 is 10.6. The van der Waals surface area contributed by atoms with Crippen molar-refractivity contribution in [1.29, 1.82) is 0 Å². The van der Waals surface area contributed by atoms with E-state index in [4.69, 9.17) is 14.6 Å². The van der Waals surface area contributed by atoms with Crippen LogP contribution >= 0.6 is 0 Å². The molecule has 0 saturated carbocycles. The Morgan fingerprint density at radius 3 is 2.94 bits per heavy atom. The molecule has 1 heterocycles. The van der Waals surface area contributed by atoms with Gasteiger partial charge in [-0.1, -0.05) is 19.1 Å². The maximum absolute atomic E-state index is 10.5. The number of carboxylic acids is 1. The fourth-order valence-electron chi connectivity index (χ4n) is 1.94. The van der Waals surface area contributed by atoms with Crippen LogP contribution in [0.2, 0.25) is 0 Å². The molecule has 0 saturated heterocycles. The highest BCUT2D eigenvalue weighted by Gasteiger charge is 2.14. The van der Waals surface area contributed by atoms with Crippen LogP contribution in [-0.4, -0.2) is 17.9 Å². The van der Waals surface area contributed by atoms with E-state index in [2.05, 4.69) is 0 Å². The lowest BCUT2D eigenvalue weighted by atomic mass is 9.96. The van der Waals surface area contributed by atoms with Crippen molar-refractivity contribution in [1.82, 2.24) is 0 Å². The van der Waals surface area contributed by atoms with Gasteiger partial charge in [-0.3, -0.25) is 0 Å². The molecule has 2 rings (SSSR count). The Morgan fingerprint density at radius 2 is 2.22 bits per heavy atom. The van der Waals surface area contributed by atoms with E-state index in [1.165, 1.54) is 6.08 Å². The maximum atomic E-state index is 10.5. The molecule has 1 atom stereocenters. The summed E-state index contributed by atoms with van der Waals surface area (Å²) in [7, 11) is 0. The molecule has 0 radical (unpaired) electrons. The summed E-state index contributed by atoms with van der Waals surface area (Å²) in [5.41, 5.74) is 1.13. The van der Waals surface area contributed by atoms with Crippen molar-refractivity contribution >= 4 is 5.97 Å². The van der Waals surface area contributed by atoms with Gasteiger partial charge in [-0.05, 0) is 36.5 Å². The molecule has 0 aliphatic carbocycles. The number of benzene rings is 1. The van der Waals surface area contributed by atoms with Gasteiger partial charge < -0.3 is 14.6 Å². The van der Waals surface area contributed by atoms with Gasteiger partial charge in [0.25, 0.3) is 0 Å². The first-order valence-corrected chi connectivity index (χ1v) is 5.98. The first kappa shape index (κ1) is 12.5. The SMILES string of the molecule is CCC(C=CC(=O)O)Cc1ccc2c(c1)OCO2. The molecular weight excluding hydrogens is 232 g/mol. The molecule has 1 aromatic rings. The van der Waals surface area contributed by atoms with Crippen LogP contribution in [0, 0.1) is 5.92 Å². The van der Waals surface area contributed by atoms with E-state index < -0.39 is 5.97 Å². The van der Waals surface area contributed by atoms with E-state index in [0.717, 1.165) is 29.9 Å². The molecule has 96 valence electrons. The van der Waals surface area contributed by atoms with Gasteiger partial charge in [0.05, 0.1) is 0 Å². The van der Waals surface area contributed by atoms with Crippen molar-refractivity contribution < 1.29 is 19.4 Å². The van der Waals surface area contributed by atoms with Gasteiger partial charge >= 0.3 is 5.97 Å². The van der Waals surface area contributed by atoms with Crippen molar-refractivity contribution in [3.8, 4) is 11.5 Å². The van der Waals surface area contributed by atoms with Crippen LogP contribution in [0.4, 0.5) is 0 Å². The second kappa shape index (κ2) is 5.58. The van der Waals surface area contributed by atoms with E-state index in [0.29, 0.717) is 0 Å². The summed E-state index contributed by atoms with van der Waals surface area (Å²) in [6.45, 7) is 2.32. The molecule has 0 amide bonds. The number of hydrogen-bond donors (Lipinski definition) is 1. The minimum absolute atomic E-state index is 0.224. The fourth-order valence-corrected chi connectivity index (χ4v) is 1.94. The zero-order chi connectivity index (χ0) is 13.0. The van der Waals surface area contributed by atoms with Crippen LogP contribution in [0.3, 0.4) is 0 Å². The number of allylic oxidation sites excluding steroid dienone is 1. The van der Waals surface area contributed by atoms with Gasteiger partial charge in [-0.15, -0.1) is 0 Å². The molecule has 0 bridgehead atoms. The van der Waals surface area contributed by atoms with Crippen molar-refractivity contribution in [2.24, 2.45) is 5.92 Å². The zero-order valence-electron chi connectivity index (χ0n) is 10.3. The molecule has 1 unspecified atom stereocenters. The quantitative estimate of drug-likeness (QED) is 0.814. The smallest absolute Gasteiger partial charge is 0.327 e. The molecule has 18 heavy (non-hydrogen) atoms. The molecule has 1 aliphatic heterocycles. The lowest BCUT2D eigenvalue weighted by Gasteiger charge is -2.10. The van der Waals surface area contributed by atoms with Gasteiger partial charge in [0, 0.05) is 6.08 Å². The number of rotatable bonds is 5. The minimum Gasteiger partial charge on any atom is -0.478 e. The number of aliphatic carboxylic acids is 1. The summed E-state index contributed by atoms with van der Waals surface area (Å²) in [5, 5.41) is 8.63. The Balaban J connectivity index is 2.05. The first-order valence-electron chi connectivity index (χ1n) is 5.98. The van der Waals surface area contributed by atoms with Crippen molar-refractivity contribution in [2.45, 2.75) is 19.8 Å². The van der Waals surface area contributed by atoms with Crippen molar-refractivity contribution in [2.75, 3.05) is 6.79 Å². The zero-order valence-corrected chi connectivity index (χ0v) is 10.3. The molecular formula is C14H16O4. The van der Waals surface area contributed by atoms with E-state index in [1.54, 1.807) is 6.08 Å². The summed E-state index contributed by atoms with van der Waals surface area (Å²) in [4.78, 5) is 10.5. The van der Waals surface area contributed by atoms with Gasteiger partial charge in [-0.2, -0.15) is 0 Å². The molecule has 0 fully saturated rings. The molecule has 1 aromatic carbocycles. The summed E-state index contributed by atoms with van der Waals surface area (Å²) in [6, 6.07) is 5.84. The highest BCUT2D eigenvalue weighted by atomic mass is 16.7. The topological polar surface area (TPSA) is 55.8 Å². The van der Waals surface area contributed by atoms with Gasteiger partial charge in [0.1, 0.15) is 0 Å². The normalized spacial score (nSPS) is 14.9. The summed E-state index contributed by atoms with van der Waals surface area (Å²) in [6.07, 6.45) is 4.66. The number of carboxylic acid groups (broad SMARTS) is 1. The average molecular weight is 248 g/mol. The number of ether oxygens (including phenoxy) is 2. The van der Waals surface area contributed by atoms with E-state index in [-0.39, 0.29) is 12.7 Å². The fraction of sp³-hybridized carbons (Fsp3) is 0.357. The molecule has 4 nitrogen and oxygen atoms in total. The van der Waals surface area contributed by atoms with E-state index >= 15 is 0 Å². The van der Waals surface area contributed by atoms with Crippen LogP contribution in [0.1, 0.15) is 18.9 Å². The number of hydrogen-bond acceptors (Lipinski definition) is 3. The Bertz CT molecular complexity index is 465. The number of fused-ring (bicyclic) bond motifs is 1. The second-order valence-corrected chi connectivity index (χ2v) is 4.26. The lowest BCUT2D eigenvalue weighted by molar-refractivity contribution is -0.131. The molecule has 1 N–H and O–H groups in total. The Hall–Kier alpha value is -1.97. The number of carbonyl (C=O) groups is 1. The van der Waals surface area contributed by atoms with Gasteiger partial charge in [-0.25, -0.2) is 4.79 Å². The van der Waals surface area contributed by atoms with E-state index in [9.17, 15) is 4.79 Å². The predicted molar refractivity (Wildman–Crippen MR) is 66.8 cm³/mol. The average Bonchev–Trinajstić information content (AvgIpc) is 2.81. The molecule has 1 aliphatic rings. The van der Waals surface area contributed by atoms with Gasteiger partial charge in [0.15, 0.2) is 11.5 Å². The highest BCUT2D eigenvalue weighted by Crippen LogP contribution is 2.33. The van der Waals surface area contributed by atoms with Gasteiger partial charge in [0.2, 0.25) is 6.79 Å². The largest absolute Gasteiger partial charge is 0.478 e. The first-order chi connectivity index (χ1) is 8.69. The van der Waals surface area contributed by atoms with Crippen LogP contribution in [0.15, 0.2) is 30.4 Å². The minimum atomic E-state index is -0.904. The Labute approximate surface area is 106 Å². The molecule has 0 aromatic heterocycles. The van der Waals surface area contributed by atoms with Crippen LogP contribution < -0.4 is 9.47 Å². The van der Waals surface area contributed by atoms with E-state index in [1.807, 2.05) is 25.1 Å². The monoisotopic (exact) mass is 248 g/mol. The van der Waals surface area contributed by atoms with Crippen molar-refractivity contribution in [3.05, 3.63) is 35.9 Å². The Morgan fingerprint density at radius 1 is 1.44 bits per heavy atom. The maximum Gasteiger partial charge on any atom is 0.327 e. The molecule has 4 heteroatoms. The summed E-state index contributed by atoms with van der Waals surface area (Å²) in [5.74, 6) is 0.859.